The summed E-state index contributed by atoms with van der Waals surface area (Å²) in [6.45, 7) is 2.37. The maximum atomic E-state index is 15.5. The minimum Gasteiger partial charge on any atom is -0.499 e. The molecule has 192 valence electrons. The second-order valence-corrected chi connectivity index (χ2v) is 9.06. The molecule has 5 rings (SSSR count). The van der Waals surface area contributed by atoms with Crippen LogP contribution in [-0.2, 0) is 9.47 Å². The molecule has 0 spiro atoms. The van der Waals surface area contributed by atoms with E-state index < -0.39 is 17.7 Å². The number of anilines is 1. The zero-order valence-corrected chi connectivity index (χ0v) is 20.9. The van der Waals surface area contributed by atoms with Crippen molar-refractivity contribution in [3.63, 3.8) is 0 Å². The van der Waals surface area contributed by atoms with Crippen molar-refractivity contribution in [1.82, 2.24) is 9.97 Å². The van der Waals surface area contributed by atoms with E-state index >= 15 is 8.78 Å². The van der Waals surface area contributed by atoms with E-state index in [2.05, 4.69) is 15.0 Å². The van der Waals surface area contributed by atoms with Crippen LogP contribution in [0.1, 0.15) is 24.5 Å². The lowest BCUT2D eigenvalue weighted by Crippen LogP contribution is -2.36. The monoisotopic (exact) mass is 526 g/mol. The number of aliphatic imine (C=N–C) groups is 1. The molecule has 0 amide bonds. The SMILES string of the molecule is COC1=C(C(O)c2cc(-c3ncnc4cc(N5CCOCC5)cc(F)c34)c(F)cc2Cl)N=CC=CCC1. The predicted octanol–water partition coefficient (Wildman–Crippen LogP) is 5.38. The Morgan fingerprint density at radius 3 is 2.70 bits per heavy atom. The summed E-state index contributed by atoms with van der Waals surface area (Å²) in [4.78, 5) is 14.8. The number of halogens is 3. The van der Waals surface area contributed by atoms with Gasteiger partial charge in [-0.15, -0.1) is 0 Å². The first-order valence-electron chi connectivity index (χ1n) is 11.9. The van der Waals surface area contributed by atoms with Crippen molar-refractivity contribution in [3.8, 4) is 11.3 Å². The van der Waals surface area contributed by atoms with Gasteiger partial charge in [0, 0.05) is 47.6 Å². The molecule has 1 N–H and O–H groups in total. The topological polar surface area (TPSA) is 80.1 Å². The third kappa shape index (κ3) is 5.07. The van der Waals surface area contributed by atoms with Gasteiger partial charge in [-0.1, -0.05) is 17.7 Å². The Bertz CT molecular complexity index is 1420. The number of morpholine rings is 1. The number of benzene rings is 2. The molecule has 3 aromatic rings. The number of rotatable bonds is 5. The Hall–Kier alpha value is -3.40. The molecule has 1 saturated heterocycles. The van der Waals surface area contributed by atoms with E-state index in [1.807, 2.05) is 11.0 Å². The van der Waals surface area contributed by atoms with Crippen molar-refractivity contribution in [1.29, 1.82) is 0 Å². The Labute approximate surface area is 217 Å². The van der Waals surface area contributed by atoms with Crippen LogP contribution in [0.5, 0.6) is 0 Å². The molecule has 2 aliphatic heterocycles. The minimum absolute atomic E-state index is 0.00191. The van der Waals surface area contributed by atoms with Crippen LogP contribution in [0.25, 0.3) is 22.2 Å². The fourth-order valence-electron chi connectivity index (χ4n) is 4.56. The van der Waals surface area contributed by atoms with Crippen molar-refractivity contribution >= 4 is 34.4 Å². The van der Waals surface area contributed by atoms with Crippen molar-refractivity contribution in [2.45, 2.75) is 18.9 Å². The van der Waals surface area contributed by atoms with Gasteiger partial charge in [0.2, 0.25) is 0 Å². The highest BCUT2D eigenvalue weighted by atomic mass is 35.5. The lowest BCUT2D eigenvalue weighted by atomic mass is 9.98. The molecule has 0 aliphatic carbocycles. The summed E-state index contributed by atoms with van der Waals surface area (Å²) < 4.78 is 41.6. The molecule has 7 nitrogen and oxygen atoms in total. The summed E-state index contributed by atoms with van der Waals surface area (Å²) in [5, 5.41) is 11.3. The molecule has 37 heavy (non-hydrogen) atoms. The third-order valence-electron chi connectivity index (χ3n) is 6.45. The number of methoxy groups -OCH3 is 1. The zero-order valence-electron chi connectivity index (χ0n) is 20.1. The number of ether oxygens (including phenoxy) is 2. The highest BCUT2D eigenvalue weighted by Gasteiger charge is 2.25. The Kier molecular flexibility index (Phi) is 7.45. The average Bonchev–Trinajstić information content (AvgIpc) is 2.88. The van der Waals surface area contributed by atoms with Gasteiger partial charge in [0.1, 0.15) is 35.5 Å². The number of hydrogen-bond donors (Lipinski definition) is 1. The Balaban J connectivity index is 1.61. The molecule has 3 heterocycles. The molecule has 2 aromatic carbocycles. The van der Waals surface area contributed by atoms with Crippen molar-refractivity contribution < 1.29 is 23.4 Å². The first-order chi connectivity index (χ1) is 18.0. The predicted molar refractivity (Wildman–Crippen MR) is 139 cm³/mol. The summed E-state index contributed by atoms with van der Waals surface area (Å²) in [6.07, 6.45) is 6.44. The molecule has 0 radical (unpaired) electrons. The number of allylic oxidation sites excluding steroid dienone is 3. The van der Waals surface area contributed by atoms with Crippen LogP contribution in [0.15, 0.2) is 59.2 Å². The summed E-state index contributed by atoms with van der Waals surface area (Å²) in [7, 11) is 1.50. The van der Waals surface area contributed by atoms with Gasteiger partial charge in [0.05, 0.1) is 36.9 Å². The van der Waals surface area contributed by atoms with E-state index in [9.17, 15) is 5.11 Å². The zero-order chi connectivity index (χ0) is 25.9. The number of fused-ring (bicyclic) bond motifs is 1. The highest BCUT2D eigenvalue weighted by Crippen LogP contribution is 2.38. The third-order valence-corrected chi connectivity index (χ3v) is 6.78. The molecule has 0 saturated carbocycles. The number of aliphatic hydroxyl groups is 1. The lowest BCUT2D eigenvalue weighted by molar-refractivity contribution is 0.122. The van der Waals surface area contributed by atoms with E-state index in [4.69, 9.17) is 21.1 Å². The summed E-state index contributed by atoms with van der Waals surface area (Å²) in [6, 6.07) is 5.62. The van der Waals surface area contributed by atoms with E-state index in [0.29, 0.717) is 56.1 Å². The average molecular weight is 527 g/mol. The Morgan fingerprint density at radius 1 is 1.11 bits per heavy atom. The van der Waals surface area contributed by atoms with E-state index in [1.54, 1.807) is 18.4 Å². The maximum absolute atomic E-state index is 15.5. The Morgan fingerprint density at radius 2 is 1.92 bits per heavy atom. The first kappa shape index (κ1) is 25.3. The van der Waals surface area contributed by atoms with Gasteiger partial charge in [-0.3, -0.25) is 4.99 Å². The van der Waals surface area contributed by atoms with Gasteiger partial charge in [0.15, 0.2) is 0 Å². The van der Waals surface area contributed by atoms with Gasteiger partial charge >= 0.3 is 0 Å². The molecule has 0 bridgehead atoms. The van der Waals surface area contributed by atoms with Crippen molar-refractivity contribution in [3.05, 3.63) is 76.4 Å². The summed E-state index contributed by atoms with van der Waals surface area (Å²) >= 11 is 6.37. The molecule has 10 heteroatoms. The van der Waals surface area contributed by atoms with Gasteiger partial charge in [-0.25, -0.2) is 18.7 Å². The van der Waals surface area contributed by atoms with Crippen LogP contribution in [0.4, 0.5) is 14.5 Å². The molecule has 2 aliphatic rings. The van der Waals surface area contributed by atoms with Gasteiger partial charge in [0.25, 0.3) is 0 Å². The van der Waals surface area contributed by atoms with Crippen LogP contribution < -0.4 is 4.90 Å². The summed E-state index contributed by atoms with van der Waals surface area (Å²) in [5.74, 6) is -0.793. The fourth-order valence-corrected chi connectivity index (χ4v) is 4.82. The van der Waals surface area contributed by atoms with Crippen LogP contribution in [0.2, 0.25) is 5.02 Å². The fraction of sp³-hybridized carbons (Fsp3) is 0.296. The maximum Gasteiger partial charge on any atom is 0.136 e. The summed E-state index contributed by atoms with van der Waals surface area (Å²) in [5.41, 5.74) is 1.51. The molecular weight excluding hydrogens is 502 g/mol. The number of aromatic nitrogens is 2. The first-order valence-corrected chi connectivity index (χ1v) is 12.3. The number of hydrogen-bond acceptors (Lipinski definition) is 7. The molecule has 1 aromatic heterocycles. The van der Waals surface area contributed by atoms with Gasteiger partial charge in [-0.05, 0) is 36.8 Å². The smallest absolute Gasteiger partial charge is 0.136 e. The van der Waals surface area contributed by atoms with Crippen molar-refractivity contribution in [2.75, 3.05) is 38.3 Å². The minimum atomic E-state index is -1.31. The van der Waals surface area contributed by atoms with Crippen LogP contribution >= 0.6 is 11.6 Å². The number of aliphatic hydroxyl groups excluding tert-OH is 1. The van der Waals surface area contributed by atoms with E-state index in [0.717, 1.165) is 6.07 Å². The second-order valence-electron chi connectivity index (χ2n) is 8.66. The quantitative estimate of drug-likeness (QED) is 0.481. The normalized spacial score (nSPS) is 17.2. The van der Waals surface area contributed by atoms with E-state index in [-0.39, 0.29) is 32.9 Å². The van der Waals surface area contributed by atoms with Crippen LogP contribution in [-0.4, -0.2) is 54.7 Å². The molecule has 1 fully saturated rings. The van der Waals surface area contributed by atoms with Crippen molar-refractivity contribution in [2.24, 2.45) is 4.99 Å². The standard InChI is InChI=1S/C27H25ClF2N4O3/c1-36-23-5-3-2-4-6-31-26(23)27(35)17-13-18(20(29)14-19(17)28)25-24-21(30)11-16(12-22(24)32-15-33-25)34-7-9-37-10-8-34/h2,4,6,11-15,27,35H,3,5,7-10H2,1H3. The largest absolute Gasteiger partial charge is 0.499 e. The molecule has 1 unspecified atom stereocenters. The lowest BCUT2D eigenvalue weighted by Gasteiger charge is -2.29. The van der Waals surface area contributed by atoms with Gasteiger partial charge in [-0.2, -0.15) is 0 Å². The second kappa shape index (κ2) is 10.9. The number of nitrogens with zero attached hydrogens (tertiary/aromatic N) is 4. The molecular formula is C27H25ClF2N4O3. The van der Waals surface area contributed by atoms with E-state index in [1.165, 1.54) is 25.6 Å². The van der Waals surface area contributed by atoms with Crippen LogP contribution in [0, 0.1) is 11.6 Å². The highest BCUT2D eigenvalue weighted by molar-refractivity contribution is 6.31. The van der Waals surface area contributed by atoms with Gasteiger partial charge < -0.3 is 19.5 Å². The molecule has 1 atom stereocenters. The van der Waals surface area contributed by atoms with Crippen LogP contribution in [0.3, 0.4) is 0 Å².